The summed E-state index contributed by atoms with van der Waals surface area (Å²) < 4.78 is 0. The van der Waals surface area contributed by atoms with Gasteiger partial charge in [-0.25, -0.2) is 0 Å². The minimum Gasteiger partial charge on any atom is -0.353 e. The molecule has 2 atom stereocenters. The number of amides is 1. The lowest BCUT2D eigenvalue weighted by atomic mass is 9.85. The highest BCUT2D eigenvalue weighted by Gasteiger charge is 2.33. The van der Waals surface area contributed by atoms with Gasteiger partial charge in [0, 0.05) is 22.6 Å². The molecule has 130 valence electrons. The van der Waals surface area contributed by atoms with Gasteiger partial charge in [0.25, 0.3) is 11.6 Å². The number of non-ortho nitro benzene ring substituents is 1. The van der Waals surface area contributed by atoms with Crippen LogP contribution in [0, 0.1) is 16.0 Å². The predicted octanol–water partition coefficient (Wildman–Crippen LogP) is 4.03. The molecule has 1 aliphatic carbocycles. The summed E-state index contributed by atoms with van der Waals surface area (Å²) in [7, 11) is 0. The van der Waals surface area contributed by atoms with Crippen molar-refractivity contribution in [2.24, 2.45) is 5.92 Å². The van der Waals surface area contributed by atoms with Crippen molar-refractivity contribution >= 4 is 27.9 Å². The minimum absolute atomic E-state index is 0.0237. The smallest absolute Gasteiger partial charge is 0.269 e. The summed E-state index contributed by atoms with van der Waals surface area (Å²) in [5.41, 5.74) is 2.67. The molecule has 0 saturated heterocycles. The molecule has 2 heterocycles. The zero-order valence-corrected chi connectivity index (χ0v) is 14.7. The number of thiophene rings is 1. The van der Waals surface area contributed by atoms with Crippen LogP contribution in [0.3, 0.4) is 0 Å². The minimum atomic E-state index is -0.443. The maximum Gasteiger partial charge on any atom is 0.269 e. The van der Waals surface area contributed by atoms with Gasteiger partial charge in [-0.1, -0.05) is 25.5 Å². The fourth-order valence-electron chi connectivity index (χ4n) is 3.70. The van der Waals surface area contributed by atoms with E-state index in [1.165, 1.54) is 22.6 Å². The molecular formula is C18H19N3O3S. The maximum absolute atomic E-state index is 12.7. The topological polar surface area (TPSA) is 84.3 Å². The molecule has 0 saturated carbocycles. The number of nitrogens with one attached hydrogen (secondary N) is 2. The van der Waals surface area contributed by atoms with E-state index >= 15 is 0 Å². The number of nitro benzene ring substituents is 1. The van der Waals surface area contributed by atoms with E-state index < -0.39 is 11.1 Å². The van der Waals surface area contributed by atoms with Crippen molar-refractivity contribution in [3.63, 3.8) is 0 Å². The highest BCUT2D eigenvalue weighted by atomic mass is 32.1. The van der Waals surface area contributed by atoms with Crippen LogP contribution in [-0.2, 0) is 12.8 Å². The molecule has 25 heavy (non-hydrogen) atoms. The van der Waals surface area contributed by atoms with Crippen molar-refractivity contribution in [3.8, 4) is 0 Å². The molecule has 0 fully saturated rings. The van der Waals surface area contributed by atoms with E-state index in [0.29, 0.717) is 11.5 Å². The Morgan fingerprint density at radius 3 is 2.96 bits per heavy atom. The zero-order valence-electron chi connectivity index (χ0n) is 13.9. The molecule has 0 unspecified atom stereocenters. The van der Waals surface area contributed by atoms with Crippen LogP contribution >= 0.6 is 11.3 Å². The van der Waals surface area contributed by atoms with Crippen molar-refractivity contribution in [1.82, 2.24) is 5.32 Å². The molecular weight excluding hydrogens is 338 g/mol. The highest BCUT2D eigenvalue weighted by Crippen LogP contribution is 2.43. The van der Waals surface area contributed by atoms with Crippen LogP contribution in [0.5, 0.6) is 0 Å². The van der Waals surface area contributed by atoms with Gasteiger partial charge in [-0.2, -0.15) is 0 Å². The van der Waals surface area contributed by atoms with E-state index in [1.54, 1.807) is 23.5 Å². The molecule has 2 N–H and O–H groups in total. The maximum atomic E-state index is 12.7. The molecule has 1 amide bonds. The van der Waals surface area contributed by atoms with Crippen LogP contribution in [0.25, 0.3) is 0 Å². The van der Waals surface area contributed by atoms with Crippen molar-refractivity contribution < 1.29 is 9.72 Å². The van der Waals surface area contributed by atoms with Gasteiger partial charge in [0.2, 0.25) is 0 Å². The summed E-state index contributed by atoms with van der Waals surface area (Å²) in [6.07, 6.45) is 3.85. The summed E-state index contributed by atoms with van der Waals surface area (Å²) >= 11 is 1.66. The Morgan fingerprint density at radius 1 is 1.36 bits per heavy atom. The van der Waals surface area contributed by atoms with Gasteiger partial charge in [0.05, 0.1) is 10.5 Å². The molecule has 2 aliphatic rings. The van der Waals surface area contributed by atoms with E-state index in [9.17, 15) is 14.9 Å². The molecule has 1 aromatic carbocycles. The van der Waals surface area contributed by atoms with Crippen LogP contribution < -0.4 is 10.6 Å². The van der Waals surface area contributed by atoms with E-state index in [0.717, 1.165) is 36.2 Å². The quantitative estimate of drug-likeness (QED) is 0.642. The highest BCUT2D eigenvalue weighted by molar-refractivity contribution is 7.16. The van der Waals surface area contributed by atoms with Crippen molar-refractivity contribution in [3.05, 3.63) is 55.9 Å². The first-order chi connectivity index (χ1) is 12.1. The molecule has 0 bridgehead atoms. The lowest BCUT2D eigenvalue weighted by Gasteiger charge is -2.27. The molecule has 7 heteroatoms. The lowest BCUT2D eigenvalue weighted by Crippen LogP contribution is -2.38. The third-order valence-electron chi connectivity index (χ3n) is 5.14. The summed E-state index contributed by atoms with van der Waals surface area (Å²) in [5.74, 6) is 0.612. The Labute approximate surface area is 149 Å². The summed E-state index contributed by atoms with van der Waals surface area (Å²) in [6, 6.07) is 6.39. The SMILES string of the molecule is CC[C@@H]1CCc2c(sc3c2C(=O)N[C@H](c2cccc([N+](=O)[O-])c2)N3)C1. The summed E-state index contributed by atoms with van der Waals surface area (Å²) in [6.45, 7) is 2.21. The number of nitrogens with zero attached hydrogens (tertiary/aromatic N) is 1. The van der Waals surface area contributed by atoms with Crippen LogP contribution in [0.2, 0.25) is 0 Å². The third-order valence-corrected chi connectivity index (χ3v) is 6.32. The summed E-state index contributed by atoms with van der Waals surface area (Å²) in [5, 5.41) is 18.2. The fourth-order valence-corrected chi connectivity index (χ4v) is 5.09. The number of benzene rings is 1. The van der Waals surface area contributed by atoms with E-state index in [1.807, 2.05) is 0 Å². The van der Waals surface area contributed by atoms with Gasteiger partial charge < -0.3 is 10.6 Å². The van der Waals surface area contributed by atoms with Gasteiger partial charge in [-0.15, -0.1) is 11.3 Å². The number of carbonyl (C=O) groups is 1. The largest absolute Gasteiger partial charge is 0.353 e. The predicted molar refractivity (Wildman–Crippen MR) is 97.1 cm³/mol. The average Bonchev–Trinajstić information content (AvgIpc) is 2.99. The molecule has 1 aliphatic heterocycles. The number of hydrogen-bond donors (Lipinski definition) is 2. The van der Waals surface area contributed by atoms with E-state index in [2.05, 4.69) is 17.6 Å². The van der Waals surface area contributed by atoms with Crippen molar-refractivity contribution in [2.45, 2.75) is 38.8 Å². The zero-order chi connectivity index (χ0) is 17.6. The number of rotatable bonds is 3. The Kier molecular flexibility index (Phi) is 3.95. The second-order valence-electron chi connectivity index (χ2n) is 6.63. The Hall–Kier alpha value is -2.41. The lowest BCUT2D eigenvalue weighted by molar-refractivity contribution is -0.384. The first-order valence-corrected chi connectivity index (χ1v) is 9.34. The third kappa shape index (κ3) is 2.78. The van der Waals surface area contributed by atoms with Crippen molar-refractivity contribution in [2.75, 3.05) is 5.32 Å². The monoisotopic (exact) mass is 357 g/mol. The molecule has 1 aromatic heterocycles. The van der Waals surface area contributed by atoms with E-state index in [4.69, 9.17) is 0 Å². The van der Waals surface area contributed by atoms with Crippen LogP contribution in [0.4, 0.5) is 10.7 Å². The van der Waals surface area contributed by atoms with Gasteiger partial charge >= 0.3 is 0 Å². The number of nitro groups is 1. The molecule has 4 rings (SSSR count). The second kappa shape index (κ2) is 6.15. The van der Waals surface area contributed by atoms with Crippen LogP contribution in [0.15, 0.2) is 24.3 Å². The van der Waals surface area contributed by atoms with Crippen LogP contribution in [0.1, 0.15) is 52.3 Å². The normalized spacial score (nSPS) is 21.7. The standard InChI is InChI=1S/C18H19N3O3S/c1-2-10-6-7-13-14(8-10)25-18-15(13)17(22)19-16(20-18)11-4-3-5-12(9-11)21(23)24/h3-5,9-10,16,20H,2,6-8H2,1H3,(H,19,22)/t10-,16+/m1/s1. The van der Waals surface area contributed by atoms with Gasteiger partial charge in [-0.3, -0.25) is 14.9 Å². The Bertz CT molecular complexity index is 861. The summed E-state index contributed by atoms with van der Waals surface area (Å²) in [4.78, 5) is 24.6. The van der Waals surface area contributed by atoms with Crippen LogP contribution in [-0.4, -0.2) is 10.8 Å². The molecule has 2 aromatic rings. The van der Waals surface area contributed by atoms with Gasteiger partial charge in [0.15, 0.2) is 0 Å². The number of fused-ring (bicyclic) bond motifs is 3. The average molecular weight is 357 g/mol. The number of carbonyl (C=O) groups excluding carboxylic acids is 1. The van der Waals surface area contributed by atoms with Gasteiger partial charge in [0.1, 0.15) is 11.2 Å². The van der Waals surface area contributed by atoms with Crippen molar-refractivity contribution in [1.29, 1.82) is 0 Å². The Morgan fingerprint density at radius 2 is 2.20 bits per heavy atom. The fraction of sp³-hybridized carbons (Fsp3) is 0.389. The first kappa shape index (κ1) is 16.1. The Balaban J connectivity index is 1.66. The number of anilines is 1. The molecule has 0 radical (unpaired) electrons. The molecule has 6 nitrogen and oxygen atoms in total. The molecule has 0 spiro atoms. The van der Waals surface area contributed by atoms with Gasteiger partial charge in [-0.05, 0) is 30.7 Å². The second-order valence-corrected chi connectivity index (χ2v) is 7.73. The number of hydrogen-bond acceptors (Lipinski definition) is 5. The first-order valence-electron chi connectivity index (χ1n) is 8.53. The van der Waals surface area contributed by atoms with E-state index in [-0.39, 0.29) is 11.6 Å².